The molecule has 0 amide bonds. The van der Waals surface area contributed by atoms with E-state index in [1.807, 2.05) is 6.92 Å². The fourth-order valence-electron chi connectivity index (χ4n) is 0.886. The molecular formula is C8H7I2N2O+. The maximum atomic E-state index is 8.58. The van der Waals surface area contributed by atoms with Gasteiger partial charge >= 0.3 is 5.69 Å². The largest absolute Gasteiger partial charge is 0.492 e. The fourth-order valence-corrected chi connectivity index (χ4v) is 2.93. The van der Waals surface area contributed by atoms with Crippen LogP contribution < -0.4 is 4.74 Å². The summed E-state index contributed by atoms with van der Waals surface area (Å²) >= 11 is 4.31. The van der Waals surface area contributed by atoms with Gasteiger partial charge in [-0.3, -0.25) is 0 Å². The van der Waals surface area contributed by atoms with Crippen LogP contribution in [-0.2, 0) is 0 Å². The predicted molar refractivity (Wildman–Crippen MR) is 67.8 cm³/mol. The molecule has 0 N–H and O–H groups in total. The first-order valence-corrected chi connectivity index (χ1v) is 5.81. The molecule has 0 aliphatic rings. The highest BCUT2D eigenvalue weighted by atomic mass is 127. The molecule has 3 nitrogen and oxygen atoms in total. The van der Waals surface area contributed by atoms with Crippen molar-refractivity contribution >= 4 is 50.9 Å². The summed E-state index contributed by atoms with van der Waals surface area (Å²) < 4.78 is 7.34. The van der Waals surface area contributed by atoms with Gasteiger partial charge < -0.3 is 4.74 Å². The number of rotatable bonds is 2. The number of hydrogen-bond acceptors (Lipinski definition) is 2. The van der Waals surface area contributed by atoms with Crippen molar-refractivity contribution in [2.45, 2.75) is 6.92 Å². The minimum Gasteiger partial charge on any atom is -0.492 e. The molecule has 0 saturated carbocycles. The first-order valence-electron chi connectivity index (χ1n) is 3.66. The van der Waals surface area contributed by atoms with E-state index in [0.717, 1.165) is 12.9 Å². The molecule has 5 heteroatoms. The van der Waals surface area contributed by atoms with Crippen LogP contribution in [0.1, 0.15) is 6.92 Å². The highest BCUT2D eigenvalue weighted by Gasteiger charge is 2.14. The second kappa shape index (κ2) is 4.95. The summed E-state index contributed by atoms with van der Waals surface area (Å²) in [6.45, 7) is 2.58. The minimum absolute atomic E-state index is 0.553. The molecule has 0 spiro atoms. The van der Waals surface area contributed by atoms with E-state index in [1.165, 1.54) is 0 Å². The summed E-state index contributed by atoms with van der Waals surface area (Å²) in [6, 6.07) is 3.54. The predicted octanol–water partition coefficient (Wildman–Crippen LogP) is 3.78. The van der Waals surface area contributed by atoms with Gasteiger partial charge in [0.15, 0.2) is 4.98 Å². The van der Waals surface area contributed by atoms with Gasteiger partial charge in [0.05, 0.1) is 25.9 Å². The van der Waals surface area contributed by atoms with Gasteiger partial charge in [-0.05, 0) is 52.1 Å². The number of diazo groups is 1. The van der Waals surface area contributed by atoms with Crippen molar-refractivity contribution in [2.24, 2.45) is 0 Å². The van der Waals surface area contributed by atoms with E-state index in [1.54, 1.807) is 12.1 Å². The van der Waals surface area contributed by atoms with Gasteiger partial charge in [-0.1, -0.05) is 0 Å². The number of hydrogen-bond donors (Lipinski definition) is 0. The Kier molecular flexibility index (Phi) is 4.18. The molecule has 0 fully saturated rings. The van der Waals surface area contributed by atoms with Crippen molar-refractivity contribution in [1.82, 2.24) is 0 Å². The van der Waals surface area contributed by atoms with Crippen LogP contribution >= 0.6 is 45.2 Å². The maximum Gasteiger partial charge on any atom is 0.387 e. The molecule has 0 atom stereocenters. The zero-order chi connectivity index (χ0) is 9.84. The normalized spacial score (nSPS) is 9.38. The van der Waals surface area contributed by atoms with Crippen molar-refractivity contribution in [3.05, 3.63) is 24.2 Å². The van der Waals surface area contributed by atoms with E-state index in [-0.39, 0.29) is 0 Å². The van der Waals surface area contributed by atoms with E-state index in [4.69, 9.17) is 10.1 Å². The van der Waals surface area contributed by atoms with Crippen LogP contribution in [0.4, 0.5) is 5.69 Å². The fraction of sp³-hybridized carbons (Fsp3) is 0.250. The van der Waals surface area contributed by atoms with Crippen LogP contribution in [0.3, 0.4) is 0 Å². The molecular weight excluding hydrogens is 394 g/mol. The topological polar surface area (TPSA) is 37.4 Å². The maximum absolute atomic E-state index is 8.58. The van der Waals surface area contributed by atoms with Crippen LogP contribution in [0.15, 0.2) is 12.1 Å². The van der Waals surface area contributed by atoms with Crippen LogP contribution in [0.25, 0.3) is 4.98 Å². The molecule has 0 heterocycles. The van der Waals surface area contributed by atoms with Crippen LogP contribution in [0.5, 0.6) is 5.75 Å². The highest BCUT2D eigenvalue weighted by Crippen LogP contribution is 2.31. The first kappa shape index (κ1) is 11.0. The van der Waals surface area contributed by atoms with Crippen molar-refractivity contribution in [3.8, 4) is 5.75 Å². The van der Waals surface area contributed by atoms with Crippen molar-refractivity contribution in [3.63, 3.8) is 0 Å². The Morgan fingerprint density at radius 3 is 2.31 bits per heavy atom. The number of nitrogens with zero attached hydrogens (tertiary/aromatic N) is 2. The molecule has 0 aromatic heterocycles. The Bertz CT molecular complexity index is 337. The zero-order valence-electron chi connectivity index (χ0n) is 6.92. The standard InChI is InChI=1S/C8H7I2N2O/c1-2-13-8-6(9)3-5(12-11)4-7(8)10/h3-4H,2H2,1H3/q+1. The molecule has 0 aliphatic heterocycles. The van der Waals surface area contributed by atoms with E-state index < -0.39 is 0 Å². The second-order valence-electron chi connectivity index (χ2n) is 2.27. The molecule has 13 heavy (non-hydrogen) atoms. The molecule has 68 valence electrons. The average Bonchev–Trinajstić information content (AvgIpc) is 2.11. The van der Waals surface area contributed by atoms with E-state index in [9.17, 15) is 0 Å². The molecule has 0 radical (unpaired) electrons. The van der Waals surface area contributed by atoms with Crippen LogP contribution in [0, 0.1) is 12.5 Å². The number of benzene rings is 1. The lowest BCUT2D eigenvalue weighted by Crippen LogP contribution is -1.96. The monoisotopic (exact) mass is 401 g/mol. The Morgan fingerprint density at radius 2 is 1.92 bits per heavy atom. The molecule has 1 aromatic rings. The van der Waals surface area contributed by atoms with E-state index in [0.29, 0.717) is 12.3 Å². The van der Waals surface area contributed by atoms with Crippen molar-refractivity contribution < 1.29 is 4.74 Å². The zero-order valence-corrected chi connectivity index (χ0v) is 11.2. The first-order chi connectivity index (χ1) is 6.19. The Morgan fingerprint density at radius 1 is 1.38 bits per heavy atom. The van der Waals surface area contributed by atoms with E-state index in [2.05, 4.69) is 50.2 Å². The molecule has 0 unspecified atom stereocenters. The molecule has 1 aromatic carbocycles. The summed E-state index contributed by atoms with van der Waals surface area (Å²) in [5, 5.41) is 8.58. The van der Waals surface area contributed by atoms with Crippen LogP contribution in [-0.4, -0.2) is 6.61 Å². The van der Waals surface area contributed by atoms with Gasteiger partial charge in [0.25, 0.3) is 0 Å². The summed E-state index contributed by atoms with van der Waals surface area (Å²) in [6.07, 6.45) is 0. The number of ether oxygens (including phenoxy) is 1. The Hall–Kier alpha value is -0.100. The molecule has 0 bridgehead atoms. The van der Waals surface area contributed by atoms with Gasteiger partial charge in [-0.15, -0.1) is 0 Å². The molecule has 1 rings (SSSR count). The third kappa shape index (κ3) is 2.67. The van der Waals surface area contributed by atoms with Gasteiger partial charge in [-0.2, -0.15) is 0 Å². The van der Waals surface area contributed by atoms with E-state index >= 15 is 0 Å². The van der Waals surface area contributed by atoms with Crippen molar-refractivity contribution in [1.29, 1.82) is 5.39 Å². The van der Waals surface area contributed by atoms with Crippen molar-refractivity contribution in [2.75, 3.05) is 6.61 Å². The summed E-state index contributed by atoms with van der Waals surface area (Å²) in [5.74, 6) is 0.858. The smallest absolute Gasteiger partial charge is 0.387 e. The average molecular weight is 401 g/mol. The summed E-state index contributed by atoms with van der Waals surface area (Å²) in [7, 11) is 0. The van der Waals surface area contributed by atoms with Crippen LogP contribution in [0.2, 0.25) is 0 Å². The lowest BCUT2D eigenvalue weighted by Gasteiger charge is -2.05. The lowest BCUT2D eigenvalue weighted by molar-refractivity contribution is 0.335. The third-order valence-electron chi connectivity index (χ3n) is 1.39. The summed E-state index contributed by atoms with van der Waals surface area (Å²) in [4.78, 5) is 3.13. The van der Waals surface area contributed by atoms with Gasteiger partial charge in [-0.25, -0.2) is 0 Å². The quantitative estimate of drug-likeness (QED) is 0.559. The van der Waals surface area contributed by atoms with Gasteiger partial charge in [0.1, 0.15) is 5.75 Å². The number of halogens is 2. The Labute approximate surface area is 104 Å². The molecule has 0 saturated heterocycles. The second-order valence-corrected chi connectivity index (χ2v) is 4.60. The Balaban J connectivity index is 3.17. The SMILES string of the molecule is CCOc1c(I)cc([N+]#N)cc1I. The summed E-state index contributed by atoms with van der Waals surface area (Å²) in [5.41, 5.74) is 0.553. The minimum atomic E-state index is 0.553. The molecule has 0 aliphatic carbocycles. The highest BCUT2D eigenvalue weighted by molar-refractivity contribution is 14.1. The lowest BCUT2D eigenvalue weighted by atomic mass is 10.3. The van der Waals surface area contributed by atoms with Gasteiger partial charge in [0, 0.05) is 0 Å². The third-order valence-corrected chi connectivity index (χ3v) is 2.99. The van der Waals surface area contributed by atoms with Gasteiger partial charge in [0.2, 0.25) is 5.39 Å².